The largest absolute Gasteiger partial charge is 0.486 e. The van der Waals surface area contributed by atoms with Crippen molar-refractivity contribution in [3.05, 3.63) is 65.7 Å². The quantitative estimate of drug-likeness (QED) is 0.616. The molecular weight excluding hydrogens is 412 g/mol. The van der Waals surface area contributed by atoms with Crippen LogP contribution in [0.1, 0.15) is 11.1 Å². The number of rotatable bonds is 5. The molecule has 0 radical (unpaired) electrons. The first-order chi connectivity index (χ1) is 15.2. The molecular formula is C23H22N4O3S. The van der Waals surface area contributed by atoms with E-state index in [9.17, 15) is 4.79 Å². The van der Waals surface area contributed by atoms with E-state index < -0.39 is 0 Å². The van der Waals surface area contributed by atoms with Gasteiger partial charge in [0.15, 0.2) is 17.3 Å². The number of hydrogen-bond acceptors (Lipinski definition) is 7. The van der Waals surface area contributed by atoms with Crippen LogP contribution in [-0.2, 0) is 17.8 Å². The zero-order chi connectivity index (χ0) is 21.0. The van der Waals surface area contributed by atoms with E-state index >= 15 is 0 Å². The Balaban J connectivity index is 1.15. The molecule has 0 spiro atoms. The van der Waals surface area contributed by atoms with Gasteiger partial charge in [0.1, 0.15) is 18.2 Å². The molecule has 0 aliphatic carbocycles. The van der Waals surface area contributed by atoms with Gasteiger partial charge >= 0.3 is 0 Å². The molecule has 1 aromatic heterocycles. The van der Waals surface area contributed by atoms with E-state index in [2.05, 4.69) is 44.7 Å². The molecule has 2 aromatic carbocycles. The highest BCUT2D eigenvalue weighted by molar-refractivity contribution is 7.99. The predicted octanol–water partition coefficient (Wildman–Crippen LogP) is 3.54. The van der Waals surface area contributed by atoms with Crippen molar-refractivity contribution in [2.24, 2.45) is 0 Å². The van der Waals surface area contributed by atoms with Crippen LogP contribution in [0.25, 0.3) is 0 Å². The molecule has 0 atom stereocenters. The van der Waals surface area contributed by atoms with Crippen molar-refractivity contribution in [3.8, 4) is 11.5 Å². The Hall–Kier alpha value is -3.26. The number of thioether (sulfide) groups is 1. The molecule has 7 nitrogen and oxygen atoms in total. The Morgan fingerprint density at radius 3 is 2.68 bits per heavy atom. The Kier molecular flexibility index (Phi) is 5.62. The van der Waals surface area contributed by atoms with Gasteiger partial charge in [0.25, 0.3) is 0 Å². The fourth-order valence-corrected chi connectivity index (χ4v) is 4.32. The highest BCUT2D eigenvalue weighted by Gasteiger charge is 2.17. The van der Waals surface area contributed by atoms with Gasteiger partial charge in [-0.1, -0.05) is 36.0 Å². The number of aromatic nitrogens is 2. The van der Waals surface area contributed by atoms with Crippen LogP contribution in [0.3, 0.4) is 0 Å². The molecule has 3 aromatic rings. The molecule has 8 heteroatoms. The van der Waals surface area contributed by atoms with Crippen LogP contribution in [0.5, 0.6) is 11.5 Å². The maximum atomic E-state index is 12.3. The molecule has 2 aliphatic heterocycles. The van der Waals surface area contributed by atoms with Crippen molar-refractivity contribution in [2.45, 2.75) is 18.0 Å². The van der Waals surface area contributed by atoms with E-state index in [0.29, 0.717) is 30.4 Å². The first-order valence-corrected chi connectivity index (χ1v) is 11.2. The maximum absolute atomic E-state index is 12.3. The van der Waals surface area contributed by atoms with Crippen molar-refractivity contribution in [1.29, 1.82) is 0 Å². The number of nitrogens with one attached hydrogen (secondary N) is 1. The van der Waals surface area contributed by atoms with Gasteiger partial charge in [0.05, 0.1) is 5.75 Å². The van der Waals surface area contributed by atoms with Crippen molar-refractivity contribution in [1.82, 2.24) is 10.2 Å². The van der Waals surface area contributed by atoms with E-state index in [1.54, 1.807) is 18.2 Å². The van der Waals surface area contributed by atoms with Crippen LogP contribution in [0, 0.1) is 0 Å². The Morgan fingerprint density at radius 2 is 1.84 bits per heavy atom. The van der Waals surface area contributed by atoms with E-state index in [0.717, 1.165) is 30.4 Å². The van der Waals surface area contributed by atoms with E-state index in [-0.39, 0.29) is 11.7 Å². The molecule has 5 rings (SSSR count). The summed E-state index contributed by atoms with van der Waals surface area (Å²) in [5.41, 5.74) is 3.43. The van der Waals surface area contributed by atoms with Gasteiger partial charge in [-0.05, 0) is 41.8 Å². The molecule has 2 aliphatic rings. The fraction of sp³-hybridized carbons (Fsp3) is 0.261. The normalized spacial score (nSPS) is 14.6. The van der Waals surface area contributed by atoms with E-state index in [1.165, 1.54) is 22.9 Å². The smallest absolute Gasteiger partial charge is 0.234 e. The molecule has 0 bridgehead atoms. The summed E-state index contributed by atoms with van der Waals surface area (Å²) >= 11 is 1.36. The lowest BCUT2D eigenvalue weighted by atomic mass is 10.00. The molecule has 1 amide bonds. The van der Waals surface area contributed by atoms with Gasteiger partial charge in [-0.15, -0.1) is 10.2 Å². The lowest BCUT2D eigenvalue weighted by Gasteiger charge is -2.29. The van der Waals surface area contributed by atoms with Gasteiger partial charge in [-0.25, -0.2) is 0 Å². The maximum Gasteiger partial charge on any atom is 0.234 e. The van der Waals surface area contributed by atoms with Crippen LogP contribution in [0.2, 0.25) is 0 Å². The average molecular weight is 435 g/mol. The number of anilines is 2. The zero-order valence-electron chi connectivity index (χ0n) is 16.9. The third kappa shape index (κ3) is 4.59. The first kappa shape index (κ1) is 19.7. The van der Waals surface area contributed by atoms with E-state index in [1.807, 2.05) is 12.1 Å². The number of amides is 1. The van der Waals surface area contributed by atoms with Crippen LogP contribution in [0.4, 0.5) is 11.5 Å². The Morgan fingerprint density at radius 1 is 1.00 bits per heavy atom. The van der Waals surface area contributed by atoms with Gasteiger partial charge in [-0.3, -0.25) is 4.79 Å². The number of carbonyl (C=O) groups excluding carboxylic acids is 1. The summed E-state index contributed by atoms with van der Waals surface area (Å²) < 4.78 is 11.1. The molecule has 3 heterocycles. The number of fused-ring (bicyclic) bond motifs is 2. The van der Waals surface area contributed by atoms with Gasteiger partial charge in [-0.2, -0.15) is 0 Å². The van der Waals surface area contributed by atoms with Crippen molar-refractivity contribution >= 4 is 29.2 Å². The topological polar surface area (TPSA) is 76.6 Å². The Bertz CT molecular complexity index is 1090. The summed E-state index contributed by atoms with van der Waals surface area (Å²) in [6.07, 6.45) is 1.01. The summed E-state index contributed by atoms with van der Waals surface area (Å²) in [4.78, 5) is 14.6. The summed E-state index contributed by atoms with van der Waals surface area (Å²) in [5.74, 6) is 2.35. The van der Waals surface area contributed by atoms with Crippen LogP contribution < -0.4 is 19.7 Å². The Labute approximate surface area is 184 Å². The molecule has 0 saturated carbocycles. The molecule has 0 unspecified atom stereocenters. The molecule has 158 valence electrons. The second kappa shape index (κ2) is 8.85. The highest BCUT2D eigenvalue weighted by Crippen LogP contribution is 2.32. The monoisotopic (exact) mass is 434 g/mol. The third-order valence-corrected chi connectivity index (χ3v) is 6.18. The predicted molar refractivity (Wildman–Crippen MR) is 120 cm³/mol. The molecule has 1 N–H and O–H groups in total. The van der Waals surface area contributed by atoms with E-state index in [4.69, 9.17) is 9.47 Å². The SMILES string of the molecule is O=C(CSc1ccc(N2CCc3ccccc3C2)nn1)Nc1ccc2c(c1)OCCO2. The van der Waals surface area contributed by atoms with Gasteiger partial charge in [0, 0.05) is 24.8 Å². The summed E-state index contributed by atoms with van der Waals surface area (Å²) in [5, 5.41) is 12.3. The molecule has 31 heavy (non-hydrogen) atoms. The lowest BCUT2D eigenvalue weighted by Crippen LogP contribution is -2.31. The summed E-state index contributed by atoms with van der Waals surface area (Å²) in [7, 11) is 0. The molecule has 0 saturated heterocycles. The highest BCUT2D eigenvalue weighted by atomic mass is 32.2. The van der Waals surface area contributed by atoms with Crippen molar-refractivity contribution < 1.29 is 14.3 Å². The van der Waals surface area contributed by atoms with Gasteiger partial charge < -0.3 is 19.7 Å². The number of carbonyl (C=O) groups is 1. The number of nitrogens with zero attached hydrogens (tertiary/aromatic N) is 3. The number of ether oxygens (including phenoxy) is 2. The third-order valence-electron chi connectivity index (χ3n) is 5.26. The number of benzene rings is 2. The lowest BCUT2D eigenvalue weighted by molar-refractivity contribution is -0.113. The number of hydrogen-bond donors (Lipinski definition) is 1. The second-order valence-electron chi connectivity index (χ2n) is 7.37. The standard InChI is InChI=1S/C23H22N4O3S/c28-22(24-18-5-6-19-20(13-18)30-12-11-29-19)15-31-23-8-7-21(25-26-23)27-10-9-16-3-1-2-4-17(16)14-27/h1-8,13H,9-12,14-15H2,(H,24,28). The first-order valence-electron chi connectivity index (χ1n) is 10.2. The van der Waals surface area contributed by atoms with Crippen LogP contribution in [-0.4, -0.2) is 41.6 Å². The second-order valence-corrected chi connectivity index (χ2v) is 8.36. The van der Waals surface area contributed by atoms with Crippen LogP contribution >= 0.6 is 11.8 Å². The van der Waals surface area contributed by atoms with Crippen LogP contribution in [0.15, 0.2) is 59.6 Å². The summed E-state index contributed by atoms with van der Waals surface area (Å²) in [6, 6.07) is 17.8. The minimum atomic E-state index is -0.111. The minimum absolute atomic E-state index is 0.111. The van der Waals surface area contributed by atoms with Crippen molar-refractivity contribution in [3.63, 3.8) is 0 Å². The fourth-order valence-electron chi connectivity index (χ4n) is 3.71. The summed E-state index contributed by atoms with van der Waals surface area (Å²) in [6.45, 7) is 2.82. The molecule has 0 fully saturated rings. The minimum Gasteiger partial charge on any atom is -0.486 e. The van der Waals surface area contributed by atoms with Crippen molar-refractivity contribution in [2.75, 3.05) is 35.7 Å². The van der Waals surface area contributed by atoms with Gasteiger partial charge in [0.2, 0.25) is 5.91 Å². The average Bonchev–Trinajstić information content (AvgIpc) is 2.83. The zero-order valence-corrected chi connectivity index (χ0v) is 17.7.